The molecule has 0 fully saturated rings. The normalized spacial score (nSPS) is 16.3. The van der Waals surface area contributed by atoms with Crippen molar-refractivity contribution in [2.75, 3.05) is 6.61 Å². The van der Waals surface area contributed by atoms with E-state index in [-0.39, 0.29) is 12.0 Å². The summed E-state index contributed by atoms with van der Waals surface area (Å²) in [6.45, 7) is 9.72. The predicted molar refractivity (Wildman–Crippen MR) is 112 cm³/mol. The Morgan fingerprint density at radius 2 is 2.07 bits per heavy atom. The maximum absolute atomic E-state index is 13.4. The summed E-state index contributed by atoms with van der Waals surface area (Å²) < 4.78 is 17.9. The van der Waals surface area contributed by atoms with Crippen molar-refractivity contribution in [3.8, 4) is 11.5 Å². The fraction of sp³-hybridized carbons (Fsp3) is 0.609. The molecule has 1 unspecified atom stereocenters. The average Bonchev–Trinajstić information content (AvgIpc) is 3.08. The zero-order valence-electron chi connectivity index (χ0n) is 18.0. The molecule has 3 rings (SSSR count). The molecule has 1 atom stereocenters. The smallest absolute Gasteiger partial charge is 0.200 e. The van der Waals surface area contributed by atoms with Crippen LogP contribution >= 0.6 is 0 Å². The predicted octanol–water partition coefficient (Wildman–Crippen LogP) is 3.74. The van der Waals surface area contributed by atoms with Gasteiger partial charge in [-0.15, -0.1) is 0 Å². The first-order valence-electron chi connectivity index (χ1n) is 10.4. The number of aliphatic hydroxyl groups excluding tert-OH is 1. The average molecular weight is 405 g/mol. The third-order valence-corrected chi connectivity index (χ3v) is 5.39. The molecule has 0 radical (unpaired) electrons. The van der Waals surface area contributed by atoms with Crippen molar-refractivity contribution in [3.63, 3.8) is 0 Å². The maximum atomic E-state index is 13.4. The molecule has 2 N–H and O–H groups in total. The molecule has 1 aliphatic rings. The minimum atomic E-state index is -1.04. The summed E-state index contributed by atoms with van der Waals surface area (Å²) in [4.78, 5) is 13.4. The molecule has 0 aliphatic carbocycles. The lowest BCUT2D eigenvalue weighted by atomic mass is 9.95. The van der Waals surface area contributed by atoms with Crippen molar-refractivity contribution in [2.24, 2.45) is 5.92 Å². The first-order valence-corrected chi connectivity index (χ1v) is 10.4. The van der Waals surface area contributed by atoms with Crippen LogP contribution in [0.2, 0.25) is 0 Å². The lowest BCUT2D eigenvalue weighted by Gasteiger charge is -2.24. The number of rotatable bonds is 8. The van der Waals surface area contributed by atoms with Gasteiger partial charge in [0.15, 0.2) is 5.43 Å². The molecule has 0 spiro atoms. The van der Waals surface area contributed by atoms with Crippen LogP contribution in [0.15, 0.2) is 15.3 Å². The lowest BCUT2D eigenvalue weighted by molar-refractivity contribution is -0.0229. The molecule has 29 heavy (non-hydrogen) atoms. The highest BCUT2D eigenvalue weighted by molar-refractivity contribution is 5.88. The van der Waals surface area contributed by atoms with Crippen molar-refractivity contribution >= 4 is 11.0 Å². The Morgan fingerprint density at radius 1 is 1.34 bits per heavy atom. The quantitative estimate of drug-likeness (QED) is 0.697. The molecule has 1 aliphatic heterocycles. The van der Waals surface area contributed by atoms with E-state index in [2.05, 4.69) is 13.8 Å². The number of hydrogen-bond donors (Lipinski definition) is 2. The SMILES string of the molecule is CCCOc1c2c(cc3oc(CO)c(CCC(C)C)c(=O)c13)OC(C(C)(C)O)C2. The van der Waals surface area contributed by atoms with Crippen molar-refractivity contribution in [1.82, 2.24) is 0 Å². The van der Waals surface area contributed by atoms with Crippen LogP contribution in [0.5, 0.6) is 11.5 Å². The van der Waals surface area contributed by atoms with Crippen LogP contribution in [0, 0.1) is 5.92 Å². The Bertz CT molecular complexity index is 935. The summed E-state index contributed by atoms with van der Waals surface area (Å²) in [5.74, 6) is 1.75. The van der Waals surface area contributed by atoms with Gasteiger partial charge in [-0.05, 0) is 39.0 Å². The van der Waals surface area contributed by atoms with Gasteiger partial charge in [-0.2, -0.15) is 0 Å². The van der Waals surface area contributed by atoms with Crippen LogP contribution < -0.4 is 14.9 Å². The Labute approximate surface area is 171 Å². The van der Waals surface area contributed by atoms with E-state index in [1.165, 1.54) is 0 Å². The third kappa shape index (κ3) is 4.28. The van der Waals surface area contributed by atoms with E-state index < -0.39 is 11.7 Å². The second-order valence-electron chi connectivity index (χ2n) is 8.79. The molecule has 2 aromatic rings. The minimum Gasteiger partial charge on any atom is -0.492 e. The van der Waals surface area contributed by atoms with Gasteiger partial charge in [-0.3, -0.25) is 4.79 Å². The lowest BCUT2D eigenvalue weighted by Crippen LogP contribution is -2.39. The second kappa shape index (κ2) is 8.36. The Balaban J connectivity index is 2.22. The molecular weight excluding hydrogens is 372 g/mol. The van der Waals surface area contributed by atoms with Crippen LogP contribution in [-0.2, 0) is 19.4 Å². The number of ether oxygens (including phenoxy) is 2. The van der Waals surface area contributed by atoms with E-state index in [1.807, 2.05) is 6.92 Å². The fourth-order valence-electron chi connectivity index (χ4n) is 3.67. The third-order valence-electron chi connectivity index (χ3n) is 5.39. The molecule has 0 saturated carbocycles. The molecule has 0 amide bonds. The summed E-state index contributed by atoms with van der Waals surface area (Å²) in [6.07, 6.45) is 2.17. The fourth-order valence-corrected chi connectivity index (χ4v) is 3.67. The number of fused-ring (bicyclic) bond motifs is 2. The van der Waals surface area contributed by atoms with Crippen LogP contribution in [0.4, 0.5) is 0 Å². The highest BCUT2D eigenvalue weighted by Gasteiger charge is 2.38. The van der Waals surface area contributed by atoms with Crippen LogP contribution in [-0.4, -0.2) is 28.5 Å². The van der Waals surface area contributed by atoms with Gasteiger partial charge >= 0.3 is 0 Å². The topological polar surface area (TPSA) is 89.1 Å². The van der Waals surface area contributed by atoms with Crippen LogP contribution in [0.1, 0.15) is 64.3 Å². The van der Waals surface area contributed by atoms with Crippen molar-refractivity contribution in [2.45, 2.75) is 78.6 Å². The van der Waals surface area contributed by atoms with E-state index in [0.29, 0.717) is 59.2 Å². The zero-order valence-corrected chi connectivity index (χ0v) is 18.0. The minimum absolute atomic E-state index is 0.156. The van der Waals surface area contributed by atoms with E-state index in [9.17, 15) is 15.0 Å². The Morgan fingerprint density at radius 3 is 2.66 bits per heavy atom. The Kier molecular flexibility index (Phi) is 6.24. The molecular formula is C23H32O6. The van der Waals surface area contributed by atoms with Gasteiger partial charge in [-0.1, -0.05) is 20.8 Å². The first kappa shape index (κ1) is 21.7. The van der Waals surface area contributed by atoms with E-state index >= 15 is 0 Å². The number of benzene rings is 1. The first-order chi connectivity index (χ1) is 13.7. The molecule has 1 aromatic carbocycles. The molecule has 2 heterocycles. The molecule has 6 heteroatoms. The molecule has 1 aromatic heterocycles. The van der Waals surface area contributed by atoms with E-state index in [4.69, 9.17) is 13.9 Å². The highest BCUT2D eigenvalue weighted by atomic mass is 16.5. The van der Waals surface area contributed by atoms with Gasteiger partial charge in [0.1, 0.15) is 40.9 Å². The van der Waals surface area contributed by atoms with Gasteiger partial charge in [-0.25, -0.2) is 0 Å². The summed E-state index contributed by atoms with van der Waals surface area (Å²) in [7, 11) is 0. The molecule has 0 saturated heterocycles. The number of hydrogen-bond acceptors (Lipinski definition) is 6. The zero-order chi connectivity index (χ0) is 21.3. The van der Waals surface area contributed by atoms with Crippen molar-refractivity contribution in [3.05, 3.63) is 33.2 Å². The standard InChI is InChI=1S/C23H32O6/c1-6-9-27-22-15-10-19(23(4,5)26)29-16(15)11-17-20(22)21(25)14(8-7-13(2)3)18(12-24)28-17/h11,13,19,24,26H,6-10,12H2,1-5H3. The van der Waals surface area contributed by atoms with Gasteiger partial charge < -0.3 is 24.1 Å². The summed E-state index contributed by atoms with van der Waals surface area (Å²) in [5.41, 5.74) is 0.443. The van der Waals surface area contributed by atoms with Crippen LogP contribution in [0.25, 0.3) is 11.0 Å². The molecule has 6 nitrogen and oxygen atoms in total. The summed E-state index contributed by atoms with van der Waals surface area (Å²) in [6, 6.07) is 1.68. The Hall–Kier alpha value is -2.05. The van der Waals surface area contributed by atoms with Gasteiger partial charge in [0.05, 0.1) is 12.2 Å². The van der Waals surface area contributed by atoms with E-state index in [1.54, 1.807) is 19.9 Å². The van der Waals surface area contributed by atoms with Gasteiger partial charge in [0.2, 0.25) is 0 Å². The summed E-state index contributed by atoms with van der Waals surface area (Å²) >= 11 is 0. The monoisotopic (exact) mass is 404 g/mol. The summed E-state index contributed by atoms with van der Waals surface area (Å²) in [5, 5.41) is 20.6. The van der Waals surface area contributed by atoms with Gasteiger partial charge in [0.25, 0.3) is 0 Å². The largest absolute Gasteiger partial charge is 0.492 e. The number of aliphatic hydroxyl groups is 2. The van der Waals surface area contributed by atoms with E-state index in [0.717, 1.165) is 18.4 Å². The maximum Gasteiger partial charge on any atom is 0.200 e. The van der Waals surface area contributed by atoms with Crippen molar-refractivity contribution in [1.29, 1.82) is 0 Å². The van der Waals surface area contributed by atoms with Crippen molar-refractivity contribution < 1.29 is 24.1 Å². The van der Waals surface area contributed by atoms with Gasteiger partial charge in [0, 0.05) is 23.6 Å². The second-order valence-corrected chi connectivity index (χ2v) is 8.79. The molecule has 160 valence electrons. The molecule has 0 bridgehead atoms. The van der Waals surface area contributed by atoms with Crippen LogP contribution in [0.3, 0.4) is 0 Å². The highest BCUT2D eigenvalue weighted by Crippen LogP contribution is 2.43.